The van der Waals surface area contributed by atoms with Crippen LogP contribution >= 0.6 is 24.4 Å². The number of hydrazone groups is 1. The Labute approximate surface area is 271 Å². The summed E-state index contributed by atoms with van der Waals surface area (Å²) in [5, 5.41) is 26.0. The zero-order valence-corrected chi connectivity index (χ0v) is 27.1. The second-order valence-electron chi connectivity index (χ2n) is 6.91. The fourth-order valence-electron chi connectivity index (χ4n) is 2.79. The first-order chi connectivity index (χ1) is 17.2. The predicted octanol–water partition coefficient (Wildman–Crippen LogP) is -3.46. The van der Waals surface area contributed by atoms with E-state index in [-0.39, 0.29) is 83.6 Å². The Kier molecular flexibility index (Phi) is 16.3. The van der Waals surface area contributed by atoms with Crippen molar-refractivity contribution in [3.05, 3.63) is 48.0 Å². The topological polar surface area (TPSA) is 184 Å². The number of amides is 1. The zero-order chi connectivity index (χ0) is 26.1. The van der Waals surface area contributed by atoms with E-state index in [0.29, 0.717) is 28.6 Å². The second kappa shape index (κ2) is 17.4. The molecule has 38 heavy (non-hydrogen) atoms. The molecule has 0 saturated heterocycles. The molecule has 1 atom stereocenters. The van der Waals surface area contributed by atoms with Crippen molar-refractivity contribution in [2.24, 2.45) is 15.3 Å². The average Bonchev–Trinajstić information content (AvgIpc) is 3.13. The van der Waals surface area contributed by atoms with E-state index in [1.54, 1.807) is 31.2 Å². The second-order valence-corrected chi connectivity index (χ2v) is 9.54. The van der Waals surface area contributed by atoms with E-state index < -0.39 is 27.0 Å². The van der Waals surface area contributed by atoms with Crippen molar-refractivity contribution in [2.45, 2.75) is 29.7 Å². The maximum Gasteiger partial charge on any atom is 1.00 e. The number of benzene rings is 2. The molecule has 1 amide bonds. The zero-order valence-electron chi connectivity index (χ0n) is 20.6. The number of anilines is 1. The molecule has 0 spiro atoms. The van der Waals surface area contributed by atoms with Gasteiger partial charge in [-0.15, -0.1) is 4.33 Å². The molecule has 194 valence electrons. The Hall–Kier alpha value is -0.450. The average molecular weight is 605 g/mol. The Morgan fingerprint density at radius 3 is 2.45 bits per heavy atom. The van der Waals surface area contributed by atoms with Crippen LogP contribution in [0.5, 0.6) is 0 Å². The van der Waals surface area contributed by atoms with E-state index in [1.165, 1.54) is 24.1 Å². The normalized spacial score (nSPS) is 15.4. The van der Waals surface area contributed by atoms with Crippen LogP contribution in [0, 0.1) is 6.92 Å². The van der Waals surface area contributed by atoms with E-state index in [4.69, 9.17) is 13.4 Å². The number of carbonyl (C=O) groups is 1. The van der Waals surface area contributed by atoms with Gasteiger partial charge in [-0.1, -0.05) is 6.07 Å². The third-order valence-corrected chi connectivity index (χ3v) is 6.42. The molecule has 14 nitrogen and oxygen atoms in total. The molecular formula is C19H18N4Na2O10S3. The maximum absolute atomic E-state index is 12.9. The molecule has 2 aromatic carbocycles. The Balaban J connectivity index is 0.00000361. The van der Waals surface area contributed by atoms with Crippen molar-refractivity contribution in [3.63, 3.8) is 0 Å². The molecule has 0 saturated carbocycles. The minimum Gasteiger partial charge on any atom is -0.744 e. The van der Waals surface area contributed by atoms with Gasteiger partial charge in [-0.25, -0.2) is 13.3 Å². The molecule has 0 N–H and O–H groups in total. The molecule has 1 aliphatic heterocycles. The number of rotatable bonds is 13. The van der Waals surface area contributed by atoms with Crippen LogP contribution in [0.1, 0.15) is 12.5 Å². The van der Waals surface area contributed by atoms with Crippen LogP contribution in [0.25, 0.3) is 0 Å². The molecule has 1 unspecified atom stereocenters. The van der Waals surface area contributed by atoms with E-state index in [1.807, 2.05) is 0 Å². The summed E-state index contributed by atoms with van der Waals surface area (Å²) in [6.45, 7) is 3.24. The summed E-state index contributed by atoms with van der Waals surface area (Å²) in [5.74, 6) is -0.454. The summed E-state index contributed by atoms with van der Waals surface area (Å²) >= 11 is 1.28. The Morgan fingerprint density at radius 1 is 1.08 bits per heavy atom. The summed E-state index contributed by atoms with van der Waals surface area (Å²) in [7, 11) is -4.67. The van der Waals surface area contributed by atoms with Gasteiger partial charge >= 0.3 is 59.1 Å². The minimum atomic E-state index is -4.67. The smallest absolute Gasteiger partial charge is 0.744 e. The van der Waals surface area contributed by atoms with Crippen LogP contribution in [0.3, 0.4) is 0 Å². The van der Waals surface area contributed by atoms with Crippen LogP contribution in [0.4, 0.5) is 11.4 Å². The third-order valence-electron chi connectivity index (χ3n) is 4.44. The van der Waals surface area contributed by atoms with Crippen LogP contribution in [0.2, 0.25) is 0 Å². The van der Waals surface area contributed by atoms with Gasteiger partial charge in [-0.05, 0) is 55.8 Å². The maximum atomic E-state index is 12.9. The summed E-state index contributed by atoms with van der Waals surface area (Å²) in [6.07, 6.45) is 0. The summed E-state index contributed by atoms with van der Waals surface area (Å²) < 4.78 is 47.7. The first kappa shape index (κ1) is 35.6. The van der Waals surface area contributed by atoms with Gasteiger partial charge in [0.1, 0.15) is 16.7 Å². The van der Waals surface area contributed by atoms with Gasteiger partial charge in [0, 0.05) is 4.90 Å². The predicted molar refractivity (Wildman–Crippen MR) is 123 cm³/mol. The minimum absolute atomic E-state index is 0. The van der Waals surface area contributed by atoms with Gasteiger partial charge in [0.15, 0.2) is 18.4 Å². The molecule has 19 heteroatoms. The van der Waals surface area contributed by atoms with E-state index in [0.717, 1.165) is 18.1 Å². The van der Waals surface area contributed by atoms with E-state index in [9.17, 15) is 23.0 Å². The van der Waals surface area contributed by atoms with Gasteiger partial charge in [0.25, 0.3) is 5.91 Å². The number of aryl methyl sites for hydroxylation is 1. The van der Waals surface area contributed by atoms with E-state index >= 15 is 0 Å². The molecule has 0 bridgehead atoms. The molecule has 1 aliphatic rings. The van der Waals surface area contributed by atoms with Gasteiger partial charge < -0.3 is 9.81 Å². The molecule has 1 heterocycles. The number of hydrogen-bond acceptors (Lipinski definition) is 15. The monoisotopic (exact) mass is 604 g/mol. The first-order valence-electron chi connectivity index (χ1n) is 9.88. The van der Waals surface area contributed by atoms with Crippen LogP contribution in [0.15, 0.2) is 67.6 Å². The van der Waals surface area contributed by atoms with Gasteiger partial charge in [0.2, 0.25) is 0 Å². The Morgan fingerprint density at radius 2 is 1.79 bits per heavy atom. The quantitative estimate of drug-likeness (QED) is 0.0420. The van der Waals surface area contributed by atoms with Crippen molar-refractivity contribution < 1.29 is 105 Å². The number of azo groups is 1. The largest absolute Gasteiger partial charge is 1.00 e. The Bertz CT molecular complexity index is 1240. The van der Waals surface area contributed by atoms with Gasteiger partial charge in [0.05, 0.1) is 40.6 Å². The first-order valence-corrected chi connectivity index (χ1v) is 12.7. The van der Waals surface area contributed by atoms with Crippen molar-refractivity contribution >= 4 is 57.5 Å². The van der Waals surface area contributed by atoms with Gasteiger partial charge in [-0.3, -0.25) is 14.0 Å². The molecule has 0 aromatic heterocycles. The molecule has 0 radical (unpaired) electrons. The van der Waals surface area contributed by atoms with E-state index in [2.05, 4.69) is 24.7 Å². The fraction of sp³-hybridized carbons (Fsp3) is 0.263. The van der Waals surface area contributed by atoms with Crippen molar-refractivity contribution in [2.75, 3.05) is 18.2 Å². The van der Waals surface area contributed by atoms with Gasteiger partial charge in [-0.2, -0.15) is 24.7 Å². The number of hydrogen-bond donors (Lipinski definition) is 0. The van der Waals surface area contributed by atoms with Crippen LogP contribution in [-0.2, 0) is 37.7 Å². The van der Waals surface area contributed by atoms with Crippen LogP contribution in [-0.4, -0.2) is 43.8 Å². The molecule has 2 aromatic rings. The molecule has 3 rings (SSSR count). The molecule has 0 aliphatic carbocycles. The summed E-state index contributed by atoms with van der Waals surface area (Å²) in [6, 6.07) is 9.68. The van der Waals surface area contributed by atoms with Crippen molar-refractivity contribution in [3.8, 4) is 0 Å². The number of nitrogens with zero attached hydrogens (tertiary/aromatic N) is 4. The fourth-order valence-corrected chi connectivity index (χ4v) is 4.16. The third kappa shape index (κ3) is 10.5. The SMILES string of the molecule is CC1=NN(c2ccc(SOOCCOSOO[O-])cc2)C(=O)C1N=Nc1ccc(C)c(S(=O)(=O)[O-])c1.[Na+].[Na+]. The van der Waals surface area contributed by atoms with Crippen LogP contribution < -0.4 is 69.4 Å². The summed E-state index contributed by atoms with van der Waals surface area (Å²) in [5.41, 5.74) is 1.26. The van der Waals surface area contributed by atoms with Crippen molar-refractivity contribution in [1.82, 2.24) is 0 Å². The number of carbonyl (C=O) groups excluding carboxylic acids is 1. The standard InChI is InChI=1S/C19H20N4O10S3.2Na/c1-12-3-4-14(11-17(12)36(26,27)28)20-21-18-13(2)22-23(19(18)24)15-5-7-16(8-6-15)34-32-29-9-10-30-35-33-31-25;;/h3-8,11,18,25H,9-10H2,1-2H3,(H,26,27,28);;/q;2*+1/p-2. The molecule has 0 fully saturated rings. The van der Waals surface area contributed by atoms with Crippen molar-refractivity contribution in [1.29, 1.82) is 0 Å². The molecular weight excluding hydrogens is 586 g/mol. The summed E-state index contributed by atoms with van der Waals surface area (Å²) in [4.78, 5) is 18.0.